The van der Waals surface area contributed by atoms with E-state index in [1.807, 2.05) is 37.4 Å². The summed E-state index contributed by atoms with van der Waals surface area (Å²) in [4.78, 5) is 0. The molecular weight excluding hydrogens is 253 g/mol. The van der Waals surface area contributed by atoms with Crippen LogP contribution in [0, 0.1) is 12.7 Å². The monoisotopic (exact) mass is 271 g/mol. The molecule has 2 nitrogen and oxygen atoms in total. The summed E-state index contributed by atoms with van der Waals surface area (Å²) >= 11 is 0. The summed E-state index contributed by atoms with van der Waals surface area (Å²) in [7, 11) is 1.93. The molecule has 0 saturated carbocycles. The highest BCUT2D eigenvalue weighted by molar-refractivity contribution is 5.42. The van der Waals surface area contributed by atoms with Gasteiger partial charge in [-0.2, -0.15) is 0 Å². The minimum Gasteiger partial charge on any atom is -0.493 e. The highest BCUT2D eigenvalue weighted by Gasteiger charge is 2.31. The number of halogens is 1. The highest BCUT2D eigenvalue weighted by Crippen LogP contribution is 2.41. The van der Waals surface area contributed by atoms with Crippen molar-refractivity contribution in [2.75, 3.05) is 13.7 Å². The molecular formula is C17H18FNO. The van der Waals surface area contributed by atoms with Crippen LogP contribution in [-0.4, -0.2) is 13.7 Å². The smallest absolute Gasteiger partial charge is 0.126 e. The number of para-hydroxylation sites is 1. The Bertz CT molecular complexity index is 626. The van der Waals surface area contributed by atoms with Crippen LogP contribution in [-0.2, 0) is 0 Å². The van der Waals surface area contributed by atoms with Gasteiger partial charge in [-0.3, -0.25) is 0 Å². The standard InChI is InChI=1S/C17H18FNO/c1-11-9-12(7-8-15(11)18)17(19-2)14-10-20-16-6-4-3-5-13(14)16/h3-9,14,17,19H,10H2,1-2H3. The van der Waals surface area contributed by atoms with Gasteiger partial charge in [-0.15, -0.1) is 0 Å². The van der Waals surface area contributed by atoms with E-state index in [1.54, 1.807) is 6.92 Å². The van der Waals surface area contributed by atoms with E-state index in [0.717, 1.165) is 11.3 Å². The van der Waals surface area contributed by atoms with Gasteiger partial charge in [-0.05, 0) is 37.2 Å². The molecule has 2 aromatic carbocycles. The maximum absolute atomic E-state index is 13.4. The third kappa shape index (κ3) is 2.18. The maximum Gasteiger partial charge on any atom is 0.126 e. The van der Waals surface area contributed by atoms with E-state index in [9.17, 15) is 4.39 Å². The zero-order valence-electron chi connectivity index (χ0n) is 11.7. The van der Waals surface area contributed by atoms with Gasteiger partial charge >= 0.3 is 0 Å². The van der Waals surface area contributed by atoms with Gasteiger partial charge in [0.25, 0.3) is 0 Å². The SMILES string of the molecule is CNC(c1ccc(F)c(C)c1)C1COc2ccccc21. The largest absolute Gasteiger partial charge is 0.493 e. The first-order chi connectivity index (χ1) is 9.70. The normalized spacial score (nSPS) is 18.4. The quantitative estimate of drug-likeness (QED) is 0.921. The molecule has 1 heterocycles. The molecule has 0 fully saturated rings. The zero-order valence-corrected chi connectivity index (χ0v) is 11.7. The molecule has 0 aromatic heterocycles. The number of benzene rings is 2. The summed E-state index contributed by atoms with van der Waals surface area (Å²) in [6.45, 7) is 2.45. The lowest BCUT2D eigenvalue weighted by atomic mass is 9.88. The van der Waals surface area contributed by atoms with Crippen molar-refractivity contribution in [1.82, 2.24) is 5.32 Å². The van der Waals surface area contributed by atoms with Crippen LogP contribution in [0.15, 0.2) is 42.5 Å². The fourth-order valence-electron chi connectivity index (χ4n) is 2.92. The molecule has 0 spiro atoms. The van der Waals surface area contributed by atoms with Crippen LogP contribution in [0.4, 0.5) is 4.39 Å². The number of nitrogens with one attached hydrogen (secondary N) is 1. The number of likely N-dealkylation sites (N-methyl/N-ethyl adjacent to an activating group) is 1. The summed E-state index contributed by atoms with van der Waals surface area (Å²) in [5, 5.41) is 3.35. The number of ether oxygens (including phenoxy) is 1. The van der Waals surface area contributed by atoms with Crippen molar-refractivity contribution < 1.29 is 9.13 Å². The Hall–Kier alpha value is -1.87. The molecule has 104 valence electrons. The molecule has 1 aliphatic heterocycles. The molecule has 1 aliphatic rings. The first kappa shape index (κ1) is 13.1. The molecule has 3 rings (SSSR count). The Morgan fingerprint density at radius 3 is 2.80 bits per heavy atom. The average Bonchev–Trinajstić information content (AvgIpc) is 2.88. The molecule has 1 N–H and O–H groups in total. The number of rotatable bonds is 3. The second-order valence-electron chi connectivity index (χ2n) is 5.23. The lowest BCUT2D eigenvalue weighted by Gasteiger charge is -2.23. The third-order valence-corrected chi connectivity index (χ3v) is 3.99. The Kier molecular flexibility index (Phi) is 3.45. The maximum atomic E-state index is 13.4. The van der Waals surface area contributed by atoms with Crippen molar-refractivity contribution >= 4 is 0 Å². The molecule has 2 unspecified atom stereocenters. The van der Waals surface area contributed by atoms with Gasteiger partial charge in [0, 0.05) is 17.5 Å². The average molecular weight is 271 g/mol. The molecule has 0 amide bonds. The minimum absolute atomic E-state index is 0.123. The Labute approximate surface area is 118 Å². The number of hydrogen-bond donors (Lipinski definition) is 1. The van der Waals surface area contributed by atoms with Crippen LogP contribution >= 0.6 is 0 Å². The van der Waals surface area contributed by atoms with Crippen LogP contribution in [0.25, 0.3) is 0 Å². The van der Waals surface area contributed by atoms with Crippen LogP contribution in [0.2, 0.25) is 0 Å². The van der Waals surface area contributed by atoms with E-state index >= 15 is 0 Å². The fraction of sp³-hybridized carbons (Fsp3) is 0.294. The number of fused-ring (bicyclic) bond motifs is 1. The summed E-state index contributed by atoms with van der Waals surface area (Å²) in [6.07, 6.45) is 0. The van der Waals surface area contributed by atoms with E-state index in [4.69, 9.17) is 4.74 Å². The minimum atomic E-state index is -0.160. The van der Waals surface area contributed by atoms with Gasteiger partial charge in [0.05, 0.1) is 6.61 Å². The Morgan fingerprint density at radius 1 is 1.25 bits per heavy atom. The number of aryl methyl sites for hydroxylation is 1. The van der Waals surface area contributed by atoms with Crippen LogP contribution in [0.1, 0.15) is 28.7 Å². The van der Waals surface area contributed by atoms with E-state index in [0.29, 0.717) is 12.2 Å². The highest BCUT2D eigenvalue weighted by atomic mass is 19.1. The van der Waals surface area contributed by atoms with E-state index in [2.05, 4.69) is 11.4 Å². The van der Waals surface area contributed by atoms with Crippen molar-refractivity contribution in [1.29, 1.82) is 0 Å². The molecule has 0 aliphatic carbocycles. The second kappa shape index (κ2) is 5.25. The molecule has 2 atom stereocenters. The summed E-state index contributed by atoms with van der Waals surface area (Å²) in [5.74, 6) is 1.05. The molecule has 3 heteroatoms. The van der Waals surface area contributed by atoms with Gasteiger partial charge in [0.15, 0.2) is 0 Å². The van der Waals surface area contributed by atoms with E-state index in [-0.39, 0.29) is 17.8 Å². The third-order valence-electron chi connectivity index (χ3n) is 3.99. The van der Waals surface area contributed by atoms with Crippen LogP contribution in [0.5, 0.6) is 5.75 Å². The molecule has 0 radical (unpaired) electrons. The van der Waals surface area contributed by atoms with Gasteiger partial charge in [0.2, 0.25) is 0 Å². The van der Waals surface area contributed by atoms with Gasteiger partial charge in [-0.25, -0.2) is 4.39 Å². The molecule has 2 aromatic rings. The molecule has 20 heavy (non-hydrogen) atoms. The molecule has 0 bridgehead atoms. The van der Waals surface area contributed by atoms with Crippen LogP contribution in [0.3, 0.4) is 0 Å². The first-order valence-electron chi connectivity index (χ1n) is 6.85. The van der Waals surface area contributed by atoms with Crippen LogP contribution < -0.4 is 10.1 Å². The lowest BCUT2D eigenvalue weighted by Crippen LogP contribution is -2.25. The van der Waals surface area contributed by atoms with Gasteiger partial charge in [0.1, 0.15) is 11.6 Å². The summed E-state index contributed by atoms with van der Waals surface area (Å²) in [5.41, 5.74) is 2.99. The topological polar surface area (TPSA) is 21.3 Å². The van der Waals surface area contributed by atoms with Crippen molar-refractivity contribution in [3.63, 3.8) is 0 Å². The Balaban J connectivity index is 1.97. The predicted molar refractivity (Wildman–Crippen MR) is 77.6 cm³/mol. The van der Waals surface area contributed by atoms with Gasteiger partial charge < -0.3 is 10.1 Å². The summed E-state index contributed by atoms with van der Waals surface area (Å²) in [6, 6.07) is 13.5. The zero-order chi connectivity index (χ0) is 14.1. The van der Waals surface area contributed by atoms with Crippen molar-refractivity contribution in [3.8, 4) is 5.75 Å². The van der Waals surface area contributed by atoms with Crippen molar-refractivity contribution in [2.45, 2.75) is 18.9 Å². The predicted octanol–water partition coefficient (Wildman–Crippen LogP) is 3.57. The van der Waals surface area contributed by atoms with Crippen molar-refractivity contribution in [2.24, 2.45) is 0 Å². The second-order valence-corrected chi connectivity index (χ2v) is 5.23. The van der Waals surface area contributed by atoms with E-state index < -0.39 is 0 Å². The van der Waals surface area contributed by atoms with Crippen molar-refractivity contribution in [3.05, 3.63) is 65.0 Å². The number of hydrogen-bond acceptors (Lipinski definition) is 2. The van der Waals surface area contributed by atoms with Gasteiger partial charge in [-0.1, -0.05) is 30.3 Å². The molecule has 0 saturated heterocycles. The first-order valence-corrected chi connectivity index (χ1v) is 6.85. The van der Waals surface area contributed by atoms with E-state index in [1.165, 1.54) is 11.6 Å². The lowest BCUT2D eigenvalue weighted by molar-refractivity contribution is 0.304. The fourth-order valence-corrected chi connectivity index (χ4v) is 2.92. The Morgan fingerprint density at radius 2 is 2.05 bits per heavy atom. The summed E-state index contributed by atoms with van der Waals surface area (Å²) < 4.78 is 19.2.